The summed E-state index contributed by atoms with van der Waals surface area (Å²) in [7, 11) is 0. The molecule has 0 N–H and O–H groups in total. The number of rotatable bonds is 2. The van der Waals surface area contributed by atoms with Crippen molar-refractivity contribution in [2.45, 2.75) is 13.3 Å². The number of benzene rings is 1. The van der Waals surface area contributed by atoms with E-state index in [1.165, 1.54) is 11.3 Å². The zero-order chi connectivity index (χ0) is 16.8. The maximum atomic E-state index is 12.4. The Morgan fingerprint density at radius 1 is 1.38 bits per heavy atom. The van der Waals surface area contributed by atoms with Gasteiger partial charge in [-0.25, -0.2) is 4.98 Å². The maximum absolute atomic E-state index is 12.4. The number of anilines is 1. The van der Waals surface area contributed by atoms with Crippen molar-refractivity contribution in [3.05, 3.63) is 23.8 Å². The Morgan fingerprint density at radius 2 is 2.17 bits per heavy atom. The van der Waals surface area contributed by atoms with Gasteiger partial charge < -0.3 is 4.90 Å². The third kappa shape index (κ3) is 2.43. The molecule has 0 bridgehead atoms. The lowest BCUT2D eigenvalue weighted by molar-refractivity contribution is -0.140. The summed E-state index contributed by atoms with van der Waals surface area (Å²) in [4.78, 5) is 32.6. The van der Waals surface area contributed by atoms with E-state index >= 15 is 0 Å². The number of likely N-dealkylation sites (tertiary alicyclic amines) is 1. The number of fused-ring (bicyclic) bond motifs is 1. The number of aryl methyl sites for hydroxylation is 1. The molecule has 0 saturated carbocycles. The largest absolute Gasteiger partial charge is 0.340 e. The number of hydrogen-bond donors (Lipinski definition) is 0. The van der Waals surface area contributed by atoms with E-state index in [2.05, 4.69) is 17.1 Å². The molecular weight excluding hydrogens is 324 g/mol. The van der Waals surface area contributed by atoms with Crippen LogP contribution in [0.15, 0.2) is 18.2 Å². The average Bonchev–Trinajstić information content (AvgIpc) is 3.08. The summed E-state index contributed by atoms with van der Waals surface area (Å²) in [6.45, 7) is 3.38. The Hall–Kier alpha value is -2.46. The fraction of sp³-hybridized carbons (Fsp3) is 0.412. The first-order chi connectivity index (χ1) is 11.5. The lowest BCUT2D eigenvalue weighted by Crippen LogP contribution is -2.51. The number of hydrogen-bond acceptors (Lipinski definition) is 5. The highest BCUT2D eigenvalue weighted by molar-refractivity contribution is 7.22. The molecule has 0 radical (unpaired) electrons. The highest BCUT2D eigenvalue weighted by Gasteiger charge is 2.41. The van der Waals surface area contributed by atoms with Gasteiger partial charge in [-0.15, -0.1) is 0 Å². The number of nitriles is 1. The molecule has 1 aromatic carbocycles. The predicted octanol–water partition coefficient (Wildman–Crippen LogP) is 1.94. The van der Waals surface area contributed by atoms with E-state index in [9.17, 15) is 9.59 Å². The van der Waals surface area contributed by atoms with Gasteiger partial charge in [0.05, 0.1) is 28.1 Å². The molecule has 1 atom stereocenters. The summed E-state index contributed by atoms with van der Waals surface area (Å²) in [5, 5.41) is 9.48. The molecule has 2 aliphatic rings. The molecule has 1 aromatic heterocycles. The number of amides is 2. The third-order valence-electron chi connectivity index (χ3n) is 4.61. The van der Waals surface area contributed by atoms with Crippen molar-refractivity contribution in [3.63, 3.8) is 0 Å². The van der Waals surface area contributed by atoms with Crippen molar-refractivity contribution in [3.8, 4) is 6.07 Å². The van der Waals surface area contributed by atoms with Gasteiger partial charge in [0.15, 0.2) is 5.13 Å². The minimum atomic E-state index is -0.328. The monoisotopic (exact) mass is 340 g/mol. The highest BCUT2D eigenvalue weighted by Crippen LogP contribution is 2.34. The van der Waals surface area contributed by atoms with Gasteiger partial charge in [0.25, 0.3) is 0 Å². The Morgan fingerprint density at radius 3 is 2.92 bits per heavy atom. The van der Waals surface area contributed by atoms with E-state index < -0.39 is 0 Å². The number of carbonyl (C=O) groups excluding carboxylic acids is 2. The minimum absolute atomic E-state index is 0.0192. The van der Waals surface area contributed by atoms with Crippen molar-refractivity contribution < 1.29 is 9.59 Å². The summed E-state index contributed by atoms with van der Waals surface area (Å²) < 4.78 is 1.05. The molecule has 0 aliphatic carbocycles. The fourth-order valence-corrected chi connectivity index (χ4v) is 4.28. The van der Waals surface area contributed by atoms with Gasteiger partial charge in [0, 0.05) is 26.1 Å². The van der Waals surface area contributed by atoms with Crippen LogP contribution in [0, 0.1) is 30.1 Å². The van der Waals surface area contributed by atoms with E-state index in [4.69, 9.17) is 5.26 Å². The van der Waals surface area contributed by atoms with Crippen LogP contribution >= 0.6 is 11.3 Å². The summed E-state index contributed by atoms with van der Waals surface area (Å²) >= 11 is 1.48. The van der Waals surface area contributed by atoms with Gasteiger partial charge >= 0.3 is 0 Å². The smallest absolute Gasteiger partial charge is 0.229 e. The Bertz CT molecular complexity index is 878. The standard InChI is InChI=1S/C17H16N4O2S/c1-10-2-3-13-14(4-10)24-17(19-13)21-9-12(5-15(21)22)16(23)20-7-11(6-18)8-20/h2-4,11-12H,5,7-9H2,1H3. The Balaban J connectivity index is 1.51. The summed E-state index contributed by atoms with van der Waals surface area (Å²) in [5.41, 5.74) is 2.03. The third-order valence-corrected chi connectivity index (χ3v) is 5.65. The molecule has 7 heteroatoms. The lowest BCUT2D eigenvalue weighted by Gasteiger charge is -2.36. The van der Waals surface area contributed by atoms with Crippen LogP contribution in [0.1, 0.15) is 12.0 Å². The second-order valence-electron chi connectivity index (χ2n) is 6.44. The molecule has 2 aromatic rings. The van der Waals surface area contributed by atoms with E-state index in [1.807, 2.05) is 19.1 Å². The van der Waals surface area contributed by atoms with E-state index in [-0.39, 0.29) is 30.1 Å². The predicted molar refractivity (Wildman–Crippen MR) is 90.5 cm³/mol. The lowest BCUT2D eigenvalue weighted by atomic mass is 9.98. The molecule has 122 valence electrons. The van der Waals surface area contributed by atoms with Gasteiger partial charge in [-0.05, 0) is 24.6 Å². The first kappa shape index (κ1) is 15.1. The molecule has 1 unspecified atom stereocenters. The van der Waals surface area contributed by atoms with Gasteiger partial charge in [0.1, 0.15) is 0 Å². The molecule has 2 saturated heterocycles. The molecular formula is C17H16N4O2S. The molecule has 2 aliphatic heterocycles. The molecule has 2 amide bonds. The van der Waals surface area contributed by atoms with Gasteiger partial charge in [0.2, 0.25) is 11.8 Å². The van der Waals surface area contributed by atoms with Crippen molar-refractivity contribution in [2.75, 3.05) is 24.5 Å². The summed E-state index contributed by atoms with van der Waals surface area (Å²) in [6, 6.07) is 8.17. The van der Waals surface area contributed by atoms with Crippen LogP contribution in [0.4, 0.5) is 5.13 Å². The zero-order valence-corrected chi connectivity index (χ0v) is 14.0. The number of nitrogens with zero attached hydrogens (tertiary/aromatic N) is 4. The SMILES string of the molecule is Cc1ccc2nc(N3CC(C(=O)N4CC(C#N)C4)CC3=O)sc2c1. The number of aromatic nitrogens is 1. The molecule has 3 heterocycles. The number of thiazole rings is 1. The van der Waals surface area contributed by atoms with Gasteiger partial charge in [-0.3, -0.25) is 14.5 Å². The van der Waals surface area contributed by atoms with Crippen LogP contribution in [0.2, 0.25) is 0 Å². The Kier molecular flexibility index (Phi) is 3.50. The van der Waals surface area contributed by atoms with E-state index in [0.29, 0.717) is 24.8 Å². The number of carbonyl (C=O) groups is 2. The van der Waals surface area contributed by atoms with Crippen LogP contribution in [0.5, 0.6) is 0 Å². The second-order valence-corrected chi connectivity index (χ2v) is 7.45. The molecule has 4 rings (SSSR count). The molecule has 2 fully saturated rings. The average molecular weight is 340 g/mol. The fourth-order valence-electron chi connectivity index (χ4n) is 3.19. The van der Waals surface area contributed by atoms with Crippen molar-refractivity contribution >= 4 is 38.5 Å². The minimum Gasteiger partial charge on any atom is -0.340 e. The van der Waals surface area contributed by atoms with Crippen molar-refractivity contribution in [2.24, 2.45) is 11.8 Å². The van der Waals surface area contributed by atoms with Crippen LogP contribution in [0.25, 0.3) is 10.2 Å². The van der Waals surface area contributed by atoms with Crippen LogP contribution in [0.3, 0.4) is 0 Å². The molecule has 24 heavy (non-hydrogen) atoms. The van der Waals surface area contributed by atoms with Crippen molar-refractivity contribution in [1.29, 1.82) is 5.26 Å². The maximum Gasteiger partial charge on any atom is 0.229 e. The molecule has 0 spiro atoms. The van der Waals surface area contributed by atoms with Gasteiger partial charge in [-0.2, -0.15) is 5.26 Å². The van der Waals surface area contributed by atoms with Crippen LogP contribution in [-0.4, -0.2) is 41.3 Å². The Labute approximate surface area is 143 Å². The van der Waals surface area contributed by atoms with Gasteiger partial charge in [-0.1, -0.05) is 17.4 Å². The topological polar surface area (TPSA) is 77.3 Å². The van der Waals surface area contributed by atoms with E-state index in [0.717, 1.165) is 15.8 Å². The highest BCUT2D eigenvalue weighted by atomic mass is 32.1. The first-order valence-electron chi connectivity index (χ1n) is 7.91. The second kappa shape index (κ2) is 5.56. The van der Waals surface area contributed by atoms with Crippen LogP contribution < -0.4 is 4.90 Å². The zero-order valence-electron chi connectivity index (χ0n) is 13.2. The molecule has 6 nitrogen and oxygen atoms in total. The quantitative estimate of drug-likeness (QED) is 0.837. The van der Waals surface area contributed by atoms with E-state index in [1.54, 1.807) is 9.80 Å². The summed E-state index contributed by atoms with van der Waals surface area (Å²) in [5.74, 6) is -0.462. The normalized spacial score (nSPS) is 21.2. The summed E-state index contributed by atoms with van der Waals surface area (Å²) in [6.07, 6.45) is 0.224. The van der Waals surface area contributed by atoms with Crippen molar-refractivity contribution in [1.82, 2.24) is 9.88 Å². The van der Waals surface area contributed by atoms with Crippen LogP contribution in [-0.2, 0) is 9.59 Å². The first-order valence-corrected chi connectivity index (χ1v) is 8.73.